The van der Waals surface area contributed by atoms with E-state index in [-0.39, 0.29) is 11.9 Å². The van der Waals surface area contributed by atoms with Gasteiger partial charge in [0, 0.05) is 30.2 Å². The van der Waals surface area contributed by atoms with Gasteiger partial charge in [-0.1, -0.05) is 23.7 Å². The van der Waals surface area contributed by atoms with Crippen LogP contribution >= 0.6 is 11.6 Å². The average Bonchev–Trinajstić information content (AvgIpc) is 2.45. The lowest BCUT2D eigenvalue weighted by Crippen LogP contribution is -2.48. The van der Waals surface area contributed by atoms with Crippen molar-refractivity contribution < 1.29 is 13.2 Å². The molecule has 0 unspecified atom stereocenters. The van der Waals surface area contributed by atoms with E-state index in [2.05, 4.69) is 4.72 Å². The minimum atomic E-state index is -3.25. The molecule has 2 rings (SSSR count). The van der Waals surface area contributed by atoms with E-state index in [9.17, 15) is 13.2 Å². The van der Waals surface area contributed by atoms with Gasteiger partial charge in [0.15, 0.2) is 0 Å². The Hall–Kier alpha value is -1.37. The standard InChI is InChI=1S/C15H19ClN2O3S/c1-22(20,21)17-14-3-2-10-18(11-14)15(19)9-6-12-4-7-13(16)8-5-12/h4-9,14,17H,2-3,10-11H2,1H3/b9-6-/t14-/m1/s1. The summed E-state index contributed by atoms with van der Waals surface area (Å²) in [5.41, 5.74) is 0.889. The summed E-state index contributed by atoms with van der Waals surface area (Å²) in [6.07, 6.45) is 5.90. The third-order valence-electron chi connectivity index (χ3n) is 3.40. The summed E-state index contributed by atoms with van der Waals surface area (Å²) in [6, 6.07) is 6.97. The molecular formula is C15H19ClN2O3S. The van der Waals surface area contributed by atoms with Gasteiger partial charge in [0.25, 0.3) is 0 Å². The van der Waals surface area contributed by atoms with Crippen LogP contribution in [-0.2, 0) is 14.8 Å². The van der Waals surface area contributed by atoms with Gasteiger partial charge in [-0.15, -0.1) is 0 Å². The van der Waals surface area contributed by atoms with Crippen LogP contribution in [0.25, 0.3) is 6.08 Å². The lowest BCUT2D eigenvalue weighted by Gasteiger charge is -2.32. The zero-order valence-corrected chi connectivity index (χ0v) is 13.9. The summed E-state index contributed by atoms with van der Waals surface area (Å²) < 4.78 is 25.1. The second kappa shape index (κ2) is 7.26. The molecule has 1 aromatic carbocycles. The predicted molar refractivity (Wildman–Crippen MR) is 88.1 cm³/mol. The highest BCUT2D eigenvalue weighted by molar-refractivity contribution is 7.88. The topological polar surface area (TPSA) is 66.5 Å². The first-order chi connectivity index (χ1) is 10.3. The minimum Gasteiger partial charge on any atom is -0.338 e. The zero-order chi connectivity index (χ0) is 16.2. The Morgan fingerprint density at radius 1 is 1.36 bits per heavy atom. The summed E-state index contributed by atoms with van der Waals surface area (Å²) in [7, 11) is -3.25. The van der Waals surface area contributed by atoms with Crippen molar-refractivity contribution in [3.05, 3.63) is 40.9 Å². The van der Waals surface area contributed by atoms with Crippen LogP contribution in [0.2, 0.25) is 5.02 Å². The molecule has 0 aromatic heterocycles. The molecule has 1 aromatic rings. The molecule has 0 saturated carbocycles. The van der Waals surface area contributed by atoms with Gasteiger partial charge in [-0.25, -0.2) is 13.1 Å². The van der Waals surface area contributed by atoms with E-state index in [1.54, 1.807) is 23.1 Å². The van der Waals surface area contributed by atoms with Crippen molar-refractivity contribution in [2.24, 2.45) is 0 Å². The maximum atomic E-state index is 12.2. The van der Waals surface area contributed by atoms with Crippen LogP contribution in [0.4, 0.5) is 0 Å². The zero-order valence-electron chi connectivity index (χ0n) is 12.3. The quantitative estimate of drug-likeness (QED) is 0.850. The summed E-state index contributed by atoms with van der Waals surface area (Å²) in [6.45, 7) is 1.04. The van der Waals surface area contributed by atoms with Crippen LogP contribution in [-0.4, -0.2) is 44.6 Å². The molecule has 0 aliphatic carbocycles. The smallest absolute Gasteiger partial charge is 0.246 e. The third kappa shape index (κ3) is 5.44. The molecule has 7 heteroatoms. The summed E-state index contributed by atoms with van der Waals surface area (Å²) >= 11 is 5.81. The van der Waals surface area contributed by atoms with Gasteiger partial charge in [0.1, 0.15) is 0 Å². The number of nitrogens with one attached hydrogen (secondary N) is 1. The fourth-order valence-corrected chi connectivity index (χ4v) is 3.35. The van der Waals surface area contributed by atoms with Crippen molar-refractivity contribution in [2.75, 3.05) is 19.3 Å². The normalized spacial score (nSPS) is 19.5. The highest BCUT2D eigenvalue weighted by Crippen LogP contribution is 2.13. The Balaban J connectivity index is 1.95. The number of carbonyl (C=O) groups excluding carboxylic acids is 1. The summed E-state index contributed by atoms with van der Waals surface area (Å²) in [4.78, 5) is 13.9. The molecule has 0 bridgehead atoms. The number of amides is 1. The number of piperidine rings is 1. The molecule has 22 heavy (non-hydrogen) atoms. The number of nitrogens with zero attached hydrogens (tertiary/aromatic N) is 1. The molecule has 1 atom stereocenters. The number of hydrogen-bond donors (Lipinski definition) is 1. The molecule has 1 N–H and O–H groups in total. The molecule has 1 saturated heterocycles. The van der Waals surface area contributed by atoms with E-state index in [0.717, 1.165) is 24.7 Å². The summed E-state index contributed by atoms with van der Waals surface area (Å²) in [5, 5.41) is 0.647. The lowest BCUT2D eigenvalue weighted by atomic mass is 10.1. The number of carbonyl (C=O) groups is 1. The minimum absolute atomic E-state index is 0.116. The van der Waals surface area contributed by atoms with Crippen LogP contribution in [0.5, 0.6) is 0 Å². The molecule has 1 amide bonds. The molecule has 1 heterocycles. The molecule has 120 valence electrons. The number of likely N-dealkylation sites (tertiary alicyclic amines) is 1. The van der Waals surface area contributed by atoms with Crippen molar-refractivity contribution in [3.63, 3.8) is 0 Å². The number of benzene rings is 1. The Bertz CT molecular complexity index is 656. The van der Waals surface area contributed by atoms with Crippen LogP contribution in [0, 0.1) is 0 Å². The highest BCUT2D eigenvalue weighted by atomic mass is 35.5. The van der Waals surface area contributed by atoms with Crippen LogP contribution in [0.3, 0.4) is 0 Å². The Labute approximate surface area is 136 Å². The van der Waals surface area contributed by atoms with Crippen molar-refractivity contribution in [3.8, 4) is 0 Å². The van der Waals surface area contributed by atoms with Gasteiger partial charge >= 0.3 is 0 Å². The molecule has 0 radical (unpaired) electrons. The van der Waals surface area contributed by atoms with E-state index in [0.29, 0.717) is 18.1 Å². The second-order valence-corrected chi connectivity index (χ2v) is 7.61. The molecule has 1 aliphatic heterocycles. The van der Waals surface area contributed by atoms with Gasteiger partial charge in [-0.3, -0.25) is 4.79 Å². The average molecular weight is 343 g/mol. The van der Waals surface area contributed by atoms with Crippen LogP contribution in [0.15, 0.2) is 30.3 Å². The van der Waals surface area contributed by atoms with Gasteiger partial charge in [-0.2, -0.15) is 0 Å². The second-order valence-electron chi connectivity index (χ2n) is 5.40. The van der Waals surface area contributed by atoms with Crippen molar-refractivity contribution in [1.82, 2.24) is 9.62 Å². The Kier molecular flexibility index (Phi) is 5.61. The largest absolute Gasteiger partial charge is 0.338 e. The first-order valence-corrected chi connectivity index (χ1v) is 9.30. The molecular weight excluding hydrogens is 324 g/mol. The lowest BCUT2D eigenvalue weighted by molar-refractivity contribution is -0.127. The molecule has 1 aliphatic rings. The Morgan fingerprint density at radius 2 is 2.05 bits per heavy atom. The van der Waals surface area contributed by atoms with Crippen LogP contribution in [0.1, 0.15) is 18.4 Å². The Morgan fingerprint density at radius 3 is 2.68 bits per heavy atom. The fourth-order valence-electron chi connectivity index (χ4n) is 2.42. The highest BCUT2D eigenvalue weighted by Gasteiger charge is 2.24. The fraction of sp³-hybridized carbons (Fsp3) is 0.400. The van der Waals surface area contributed by atoms with Crippen molar-refractivity contribution in [1.29, 1.82) is 0 Å². The van der Waals surface area contributed by atoms with Crippen molar-refractivity contribution in [2.45, 2.75) is 18.9 Å². The first kappa shape index (κ1) is 17.0. The monoisotopic (exact) mass is 342 g/mol. The van der Waals surface area contributed by atoms with E-state index in [1.165, 1.54) is 6.08 Å². The number of rotatable bonds is 4. The predicted octanol–water partition coefficient (Wildman–Crippen LogP) is 1.89. The van der Waals surface area contributed by atoms with E-state index in [4.69, 9.17) is 11.6 Å². The van der Waals surface area contributed by atoms with E-state index < -0.39 is 10.0 Å². The molecule has 1 fully saturated rings. The van der Waals surface area contributed by atoms with Gasteiger partial charge in [-0.05, 0) is 36.6 Å². The van der Waals surface area contributed by atoms with Crippen LogP contribution < -0.4 is 4.72 Å². The van der Waals surface area contributed by atoms with Crippen molar-refractivity contribution >= 4 is 33.6 Å². The maximum Gasteiger partial charge on any atom is 0.246 e. The van der Waals surface area contributed by atoms with Gasteiger partial charge in [0.2, 0.25) is 15.9 Å². The number of sulfonamides is 1. The van der Waals surface area contributed by atoms with E-state index in [1.807, 2.05) is 12.1 Å². The van der Waals surface area contributed by atoms with Gasteiger partial charge < -0.3 is 4.90 Å². The first-order valence-electron chi connectivity index (χ1n) is 7.03. The third-order valence-corrected chi connectivity index (χ3v) is 4.42. The molecule has 0 spiro atoms. The molecule has 5 nitrogen and oxygen atoms in total. The van der Waals surface area contributed by atoms with Gasteiger partial charge in [0.05, 0.1) is 6.26 Å². The summed E-state index contributed by atoms with van der Waals surface area (Å²) in [5.74, 6) is -0.116. The maximum absolute atomic E-state index is 12.2. The number of halogens is 1. The SMILES string of the molecule is CS(=O)(=O)N[C@@H]1CCCN(C(=O)/C=C\c2ccc(Cl)cc2)C1. The number of hydrogen-bond acceptors (Lipinski definition) is 3. The van der Waals surface area contributed by atoms with E-state index >= 15 is 0 Å².